The molecule has 0 saturated carbocycles. The fourth-order valence-electron chi connectivity index (χ4n) is 3.00. The first-order valence-electron chi connectivity index (χ1n) is 10.2. The summed E-state index contributed by atoms with van der Waals surface area (Å²) in [6, 6.07) is 20.1. The number of hydrogen-bond acceptors (Lipinski definition) is 7. The number of pyridine rings is 1. The van der Waals surface area contributed by atoms with Crippen molar-refractivity contribution in [2.45, 2.75) is 25.2 Å². The molecule has 0 bridgehead atoms. The molecule has 1 aromatic heterocycles. The van der Waals surface area contributed by atoms with Gasteiger partial charge in [-0.2, -0.15) is 0 Å². The quantitative estimate of drug-likeness (QED) is 0.329. The molecule has 2 aromatic carbocycles. The molecule has 0 saturated heterocycles. The molecule has 172 valence electrons. The molecule has 0 aliphatic carbocycles. The van der Waals surface area contributed by atoms with E-state index in [0.717, 1.165) is 5.56 Å². The van der Waals surface area contributed by atoms with E-state index in [9.17, 15) is 15.3 Å². The average Bonchev–Trinajstić information content (AvgIpc) is 2.82. The highest BCUT2D eigenvalue weighted by Gasteiger charge is 2.12. The van der Waals surface area contributed by atoms with Crippen LogP contribution in [0.2, 0.25) is 0 Å². The number of aliphatic hydroxyl groups excluding tert-OH is 3. The number of aromatic nitrogens is 1. The van der Waals surface area contributed by atoms with E-state index in [0.29, 0.717) is 35.9 Å². The summed E-state index contributed by atoms with van der Waals surface area (Å²) in [5.41, 5.74) is 1.63. The maximum Gasteiger partial charge on any atom is 0.224 e. The van der Waals surface area contributed by atoms with Crippen molar-refractivity contribution >= 4 is 12.4 Å². The van der Waals surface area contributed by atoms with Crippen LogP contribution in [0, 0.1) is 0 Å². The van der Waals surface area contributed by atoms with Crippen LogP contribution in [0.3, 0.4) is 0 Å². The minimum absolute atomic E-state index is 0. The van der Waals surface area contributed by atoms with Gasteiger partial charge < -0.3 is 30.1 Å². The Balaban J connectivity index is 0.00000363. The molecule has 0 radical (unpaired) electrons. The topological polar surface area (TPSA) is 104 Å². The Labute approximate surface area is 194 Å². The van der Waals surface area contributed by atoms with Crippen LogP contribution in [0.4, 0.5) is 0 Å². The van der Waals surface area contributed by atoms with Crippen LogP contribution >= 0.6 is 12.4 Å². The molecular weight excluding hydrogens is 432 g/mol. The number of nitrogens with one attached hydrogen (secondary N) is 1. The van der Waals surface area contributed by atoms with Crippen molar-refractivity contribution in [3.8, 4) is 17.4 Å². The Kier molecular flexibility index (Phi) is 10.9. The predicted octanol–water partition coefficient (Wildman–Crippen LogP) is 2.72. The van der Waals surface area contributed by atoms with Crippen molar-refractivity contribution in [1.29, 1.82) is 0 Å². The molecular formula is C24H29ClN2O5. The largest absolute Gasteiger partial charge is 0.491 e. The standard InChI is InChI=1S/C24H28N2O5.ClH/c27-15-19-5-4-12-25-24(19)31-23-10-8-18(9-11-23)13-20(16-28)26-14-21(29)17-30-22-6-2-1-3-7-22;/h1-12,20-21,26-29H,13-17H2;1H/t20-,21-;/m0./s1. The minimum Gasteiger partial charge on any atom is -0.491 e. The zero-order valence-electron chi connectivity index (χ0n) is 17.6. The van der Waals surface area contributed by atoms with Gasteiger partial charge in [-0.25, -0.2) is 4.98 Å². The highest BCUT2D eigenvalue weighted by Crippen LogP contribution is 2.23. The van der Waals surface area contributed by atoms with E-state index < -0.39 is 6.10 Å². The number of ether oxygens (including phenoxy) is 2. The van der Waals surface area contributed by atoms with Crippen molar-refractivity contribution in [3.63, 3.8) is 0 Å². The summed E-state index contributed by atoms with van der Waals surface area (Å²) in [6.07, 6.45) is 1.51. The van der Waals surface area contributed by atoms with Crippen molar-refractivity contribution < 1.29 is 24.8 Å². The highest BCUT2D eigenvalue weighted by molar-refractivity contribution is 5.85. The maximum absolute atomic E-state index is 10.1. The number of rotatable bonds is 12. The maximum atomic E-state index is 10.1. The number of para-hydroxylation sites is 1. The minimum atomic E-state index is -0.691. The van der Waals surface area contributed by atoms with Gasteiger partial charge in [0.2, 0.25) is 5.88 Å². The lowest BCUT2D eigenvalue weighted by atomic mass is 10.1. The molecule has 2 atom stereocenters. The second kappa shape index (κ2) is 13.7. The number of hydrogen-bond donors (Lipinski definition) is 4. The molecule has 0 fully saturated rings. The van der Waals surface area contributed by atoms with Crippen molar-refractivity contribution in [2.75, 3.05) is 19.8 Å². The van der Waals surface area contributed by atoms with Crippen LogP contribution in [0.5, 0.6) is 17.4 Å². The van der Waals surface area contributed by atoms with Crippen LogP contribution < -0.4 is 14.8 Å². The lowest BCUT2D eigenvalue weighted by Gasteiger charge is -2.19. The van der Waals surface area contributed by atoms with Gasteiger partial charge in [0.1, 0.15) is 24.2 Å². The third-order valence-electron chi connectivity index (χ3n) is 4.69. The normalized spacial score (nSPS) is 12.5. The Hall–Kier alpha value is -2.68. The smallest absolute Gasteiger partial charge is 0.224 e. The van der Waals surface area contributed by atoms with Crippen LogP contribution in [-0.4, -0.2) is 52.2 Å². The Morgan fingerprint density at radius 3 is 2.34 bits per heavy atom. The first kappa shape index (κ1) is 25.6. The zero-order valence-corrected chi connectivity index (χ0v) is 18.4. The molecule has 0 spiro atoms. The number of aliphatic hydroxyl groups is 3. The Bertz CT molecular complexity index is 912. The summed E-state index contributed by atoms with van der Waals surface area (Å²) in [7, 11) is 0. The van der Waals surface area contributed by atoms with Gasteiger partial charge in [0.15, 0.2) is 0 Å². The molecule has 3 aromatic rings. The van der Waals surface area contributed by atoms with Gasteiger partial charge in [-0.05, 0) is 48.4 Å². The second-order valence-corrected chi connectivity index (χ2v) is 7.14. The lowest BCUT2D eigenvalue weighted by molar-refractivity contribution is 0.0997. The van der Waals surface area contributed by atoms with Crippen LogP contribution in [0.25, 0.3) is 0 Å². The summed E-state index contributed by atoms with van der Waals surface area (Å²) < 4.78 is 11.3. The monoisotopic (exact) mass is 460 g/mol. The molecule has 0 aliphatic heterocycles. The molecule has 7 nitrogen and oxygen atoms in total. The summed E-state index contributed by atoms with van der Waals surface area (Å²) in [4.78, 5) is 4.14. The van der Waals surface area contributed by atoms with Gasteiger partial charge >= 0.3 is 0 Å². The second-order valence-electron chi connectivity index (χ2n) is 7.14. The third-order valence-corrected chi connectivity index (χ3v) is 4.69. The SMILES string of the molecule is Cl.OCc1cccnc1Oc1ccc(C[C@@H](CO)NC[C@H](O)COc2ccccc2)cc1. The van der Waals surface area contributed by atoms with Crippen molar-refractivity contribution in [2.24, 2.45) is 0 Å². The zero-order chi connectivity index (χ0) is 21.9. The third kappa shape index (κ3) is 8.11. The van der Waals surface area contributed by atoms with Gasteiger partial charge in [-0.15, -0.1) is 12.4 Å². The van der Waals surface area contributed by atoms with E-state index in [4.69, 9.17) is 9.47 Å². The van der Waals surface area contributed by atoms with Crippen molar-refractivity contribution in [1.82, 2.24) is 10.3 Å². The molecule has 4 N–H and O–H groups in total. The number of benzene rings is 2. The van der Waals surface area contributed by atoms with Gasteiger partial charge in [0.25, 0.3) is 0 Å². The Morgan fingerprint density at radius 1 is 0.906 bits per heavy atom. The van der Waals surface area contributed by atoms with Gasteiger partial charge in [-0.3, -0.25) is 0 Å². The van der Waals surface area contributed by atoms with Crippen molar-refractivity contribution in [3.05, 3.63) is 84.1 Å². The van der Waals surface area contributed by atoms with E-state index in [1.807, 2.05) is 54.6 Å². The van der Waals surface area contributed by atoms with E-state index in [1.54, 1.807) is 18.3 Å². The molecule has 3 rings (SSSR count). The van der Waals surface area contributed by atoms with E-state index in [2.05, 4.69) is 10.3 Å². The van der Waals surface area contributed by atoms with Gasteiger partial charge in [0, 0.05) is 24.3 Å². The summed E-state index contributed by atoms with van der Waals surface area (Å²) >= 11 is 0. The van der Waals surface area contributed by atoms with Gasteiger partial charge in [0.05, 0.1) is 13.2 Å². The molecule has 8 heteroatoms. The van der Waals surface area contributed by atoms with E-state index >= 15 is 0 Å². The number of nitrogens with zero attached hydrogens (tertiary/aromatic N) is 1. The molecule has 0 amide bonds. The van der Waals surface area contributed by atoms with Crippen LogP contribution in [0.1, 0.15) is 11.1 Å². The average molecular weight is 461 g/mol. The summed E-state index contributed by atoms with van der Waals surface area (Å²) in [5.74, 6) is 1.69. The molecule has 1 heterocycles. The van der Waals surface area contributed by atoms with Gasteiger partial charge in [-0.1, -0.05) is 30.3 Å². The number of halogens is 1. The summed E-state index contributed by atoms with van der Waals surface area (Å²) in [6.45, 7) is 0.277. The van der Waals surface area contributed by atoms with Crippen LogP contribution in [-0.2, 0) is 13.0 Å². The lowest BCUT2D eigenvalue weighted by Crippen LogP contribution is -2.41. The molecule has 32 heavy (non-hydrogen) atoms. The van der Waals surface area contributed by atoms with Crippen LogP contribution in [0.15, 0.2) is 72.9 Å². The fraction of sp³-hybridized carbons (Fsp3) is 0.292. The van der Waals surface area contributed by atoms with E-state index in [-0.39, 0.29) is 38.3 Å². The van der Waals surface area contributed by atoms with E-state index in [1.165, 1.54) is 0 Å². The summed E-state index contributed by atoms with van der Waals surface area (Å²) in [5, 5.41) is 32.4. The fourth-order valence-corrected chi connectivity index (χ4v) is 3.00. The highest BCUT2D eigenvalue weighted by atomic mass is 35.5. The molecule has 0 aliphatic rings. The Morgan fingerprint density at radius 2 is 1.66 bits per heavy atom. The predicted molar refractivity (Wildman–Crippen MR) is 124 cm³/mol. The molecule has 0 unspecified atom stereocenters. The first-order valence-corrected chi connectivity index (χ1v) is 10.2. The first-order chi connectivity index (χ1) is 15.2.